The molecule has 0 aliphatic heterocycles. The number of benzene rings is 1. The summed E-state index contributed by atoms with van der Waals surface area (Å²) in [5, 5.41) is 3.09. The summed E-state index contributed by atoms with van der Waals surface area (Å²) in [6.07, 6.45) is 5.49. The van der Waals surface area contributed by atoms with E-state index < -0.39 is 30.1 Å². The third-order valence-electron chi connectivity index (χ3n) is 5.79. The molecule has 214 valence electrons. The Morgan fingerprint density at radius 1 is 0.816 bits per heavy atom. The highest BCUT2D eigenvalue weighted by Crippen LogP contribution is 2.30. The maximum atomic E-state index is 12.5. The molecule has 0 amide bonds. The van der Waals surface area contributed by atoms with Crippen molar-refractivity contribution in [2.45, 2.75) is 105 Å². The fourth-order valence-electron chi connectivity index (χ4n) is 3.53. The van der Waals surface area contributed by atoms with Gasteiger partial charge in [0.2, 0.25) is 0 Å². The maximum absolute atomic E-state index is 12.5. The van der Waals surface area contributed by atoms with E-state index in [2.05, 4.69) is 12.2 Å². The molecule has 0 heterocycles. The van der Waals surface area contributed by atoms with Crippen molar-refractivity contribution < 1.29 is 38.1 Å². The van der Waals surface area contributed by atoms with E-state index in [4.69, 9.17) is 18.9 Å². The Balaban J connectivity index is 3.03. The molecule has 1 aromatic rings. The van der Waals surface area contributed by atoms with Crippen LogP contribution in [-0.2, 0) is 35.1 Å². The topological polar surface area (TPSA) is 117 Å². The first-order valence-corrected chi connectivity index (χ1v) is 13.7. The lowest BCUT2D eigenvalue weighted by Gasteiger charge is -2.21. The second kappa shape index (κ2) is 18.3. The van der Waals surface area contributed by atoms with Gasteiger partial charge in [-0.15, -0.1) is 0 Å². The number of hydrogen-bond donors (Lipinski definition) is 1. The minimum absolute atomic E-state index is 0.135. The number of carbonyl (C=O) groups excluding carboxylic acids is 4. The predicted molar refractivity (Wildman–Crippen MR) is 144 cm³/mol. The molecule has 1 rings (SSSR count). The summed E-state index contributed by atoms with van der Waals surface area (Å²) in [5.74, 6) is -1.57. The van der Waals surface area contributed by atoms with Gasteiger partial charge >= 0.3 is 23.9 Å². The quantitative estimate of drug-likeness (QED) is 0.159. The van der Waals surface area contributed by atoms with E-state index in [0.717, 1.165) is 32.1 Å². The fraction of sp³-hybridized carbons (Fsp3) is 0.655. The van der Waals surface area contributed by atoms with Crippen LogP contribution in [0, 0.1) is 5.92 Å². The number of methoxy groups -OCH3 is 1. The summed E-state index contributed by atoms with van der Waals surface area (Å²) < 4.78 is 21.4. The SMILES string of the molecule is CCCCCC(=O)Oc1ccc(C[C@H](NCC(C)OC(=O)C(C)C)C(=O)OC)cc1OC(=O)CCCCC. The number of nitrogens with one attached hydrogen (secondary N) is 1. The van der Waals surface area contributed by atoms with Crippen molar-refractivity contribution in [1.82, 2.24) is 5.32 Å². The molecule has 1 unspecified atom stereocenters. The second-order valence-electron chi connectivity index (χ2n) is 9.73. The normalized spacial score (nSPS) is 12.5. The van der Waals surface area contributed by atoms with Gasteiger partial charge in [-0.05, 0) is 43.9 Å². The summed E-state index contributed by atoms with van der Waals surface area (Å²) in [5.41, 5.74) is 0.668. The summed E-state index contributed by atoms with van der Waals surface area (Å²) >= 11 is 0. The van der Waals surface area contributed by atoms with Crippen LogP contribution in [0.5, 0.6) is 11.5 Å². The fourth-order valence-corrected chi connectivity index (χ4v) is 3.53. The average molecular weight is 536 g/mol. The number of carbonyl (C=O) groups is 4. The van der Waals surface area contributed by atoms with Crippen LogP contribution in [-0.4, -0.2) is 49.7 Å². The van der Waals surface area contributed by atoms with Gasteiger partial charge < -0.3 is 24.3 Å². The number of esters is 4. The number of hydrogen-bond acceptors (Lipinski definition) is 9. The molecule has 0 saturated carbocycles. The molecule has 0 saturated heterocycles. The van der Waals surface area contributed by atoms with Gasteiger partial charge in [0.05, 0.1) is 13.0 Å². The molecule has 0 bridgehead atoms. The molecule has 0 aliphatic carbocycles. The lowest BCUT2D eigenvalue weighted by Crippen LogP contribution is -2.43. The molecule has 0 aromatic heterocycles. The zero-order valence-electron chi connectivity index (χ0n) is 23.8. The van der Waals surface area contributed by atoms with Crippen LogP contribution in [0.1, 0.15) is 91.5 Å². The van der Waals surface area contributed by atoms with E-state index >= 15 is 0 Å². The third kappa shape index (κ3) is 13.0. The van der Waals surface area contributed by atoms with Gasteiger partial charge in [-0.3, -0.25) is 19.2 Å². The third-order valence-corrected chi connectivity index (χ3v) is 5.79. The first-order valence-electron chi connectivity index (χ1n) is 13.7. The molecule has 1 aromatic carbocycles. The van der Waals surface area contributed by atoms with Crippen molar-refractivity contribution in [3.8, 4) is 11.5 Å². The van der Waals surface area contributed by atoms with E-state index in [-0.39, 0.29) is 49.2 Å². The van der Waals surface area contributed by atoms with Gasteiger partial charge in [-0.25, -0.2) is 0 Å². The van der Waals surface area contributed by atoms with Crippen LogP contribution in [0.2, 0.25) is 0 Å². The molecule has 1 N–H and O–H groups in total. The monoisotopic (exact) mass is 535 g/mol. The Morgan fingerprint density at radius 3 is 1.92 bits per heavy atom. The minimum atomic E-state index is -0.740. The highest BCUT2D eigenvalue weighted by molar-refractivity contribution is 5.77. The van der Waals surface area contributed by atoms with E-state index in [1.165, 1.54) is 7.11 Å². The van der Waals surface area contributed by atoms with E-state index in [1.807, 2.05) is 6.92 Å². The Bertz CT molecular complexity index is 899. The van der Waals surface area contributed by atoms with Crippen LogP contribution in [0.25, 0.3) is 0 Å². The van der Waals surface area contributed by atoms with Crippen LogP contribution < -0.4 is 14.8 Å². The standard InChI is InChI=1S/C29H45NO8/c1-7-9-11-13-26(31)37-24-16-15-22(18-25(24)38-27(32)14-12-10-8-2)17-23(29(34)35-6)30-19-21(5)36-28(33)20(3)4/h15-16,18,20-21,23,30H,7-14,17,19H2,1-6H3/t21?,23-/m0/s1. The van der Waals surface area contributed by atoms with Crippen LogP contribution in [0.3, 0.4) is 0 Å². The summed E-state index contributed by atoms with van der Waals surface area (Å²) in [4.78, 5) is 49.1. The van der Waals surface area contributed by atoms with Crippen LogP contribution >= 0.6 is 0 Å². The summed E-state index contributed by atoms with van der Waals surface area (Å²) in [6.45, 7) is 9.58. The Kier molecular flexibility index (Phi) is 16.0. The predicted octanol–water partition coefficient (Wildman–Crippen LogP) is 4.92. The van der Waals surface area contributed by atoms with E-state index in [1.54, 1.807) is 39.0 Å². The van der Waals surface area contributed by atoms with Crippen LogP contribution in [0.15, 0.2) is 18.2 Å². The molecular weight excluding hydrogens is 490 g/mol. The van der Waals surface area contributed by atoms with Gasteiger partial charge in [0.1, 0.15) is 12.1 Å². The second-order valence-corrected chi connectivity index (χ2v) is 9.73. The maximum Gasteiger partial charge on any atom is 0.323 e. The van der Waals surface area contributed by atoms with Gasteiger partial charge in [-0.1, -0.05) is 59.4 Å². The molecule has 2 atom stereocenters. The van der Waals surface area contributed by atoms with Crippen molar-refractivity contribution in [2.24, 2.45) is 5.92 Å². The molecule has 9 heteroatoms. The molecule has 0 aliphatic rings. The first-order chi connectivity index (χ1) is 18.1. The molecule has 38 heavy (non-hydrogen) atoms. The van der Waals surface area contributed by atoms with Crippen molar-refractivity contribution in [3.05, 3.63) is 23.8 Å². The lowest BCUT2D eigenvalue weighted by molar-refractivity contribution is -0.152. The van der Waals surface area contributed by atoms with Crippen molar-refractivity contribution in [2.75, 3.05) is 13.7 Å². The Morgan fingerprint density at radius 2 is 1.39 bits per heavy atom. The van der Waals surface area contributed by atoms with Gasteiger partial charge in [0, 0.05) is 19.4 Å². The van der Waals surface area contributed by atoms with Crippen molar-refractivity contribution in [3.63, 3.8) is 0 Å². The lowest BCUT2D eigenvalue weighted by atomic mass is 10.0. The van der Waals surface area contributed by atoms with Crippen molar-refractivity contribution >= 4 is 23.9 Å². The molecular formula is C29H45NO8. The Labute approximate surface area is 226 Å². The molecule has 9 nitrogen and oxygen atoms in total. The molecule has 0 spiro atoms. The average Bonchev–Trinajstić information content (AvgIpc) is 2.87. The van der Waals surface area contributed by atoms with Crippen LogP contribution in [0.4, 0.5) is 0 Å². The van der Waals surface area contributed by atoms with Gasteiger partial charge in [0.25, 0.3) is 0 Å². The summed E-state index contributed by atoms with van der Waals surface area (Å²) in [7, 11) is 1.30. The number of ether oxygens (including phenoxy) is 4. The van der Waals surface area contributed by atoms with E-state index in [9.17, 15) is 19.2 Å². The van der Waals surface area contributed by atoms with Gasteiger partial charge in [0.15, 0.2) is 11.5 Å². The number of unbranched alkanes of at least 4 members (excludes halogenated alkanes) is 4. The summed E-state index contributed by atoms with van der Waals surface area (Å²) in [6, 6.07) is 4.15. The van der Waals surface area contributed by atoms with Gasteiger partial charge in [-0.2, -0.15) is 0 Å². The first kappa shape index (κ1) is 33.1. The minimum Gasteiger partial charge on any atom is -0.468 e. The highest BCUT2D eigenvalue weighted by Gasteiger charge is 2.23. The molecule has 0 fully saturated rings. The largest absolute Gasteiger partial charge is 0.468 e. The number of rotatable bonds is 18. The smallest absolute Gasteiger partial charge is 0.323 e. The highest BCUT2D eigenvalue weighted by atomic mass is 16.6. The zero-order chi connectivity index (χ0) is 28.5. The Hall–Kier alpha value is -2.94. The zero-order valence-corrected chi connectivity index (χ0v) is 23.8. The molecule has 0 radical (unpaired) electrons. The van der Waals surface area contributed by atoms with E-state index in [0.29, 0.717) is 12.0 Å². The van der Waals surface area contributed by atoms with Crippen molar-refractivity contribution in [1.29, 1.82) is 0 Å².